The van der Waals surface area contributed by atoms with E-state index >= 15 is 0 Å². The summed E-state index contributed by atoms with van der Waals surface area (Å²) in [5.74, 6) is 0.191. The largest absolute Gasteiger partial charge is 0.388 e. The molecule has 1 fully saturated rings. The van der Waals surface area contributed by atoms with Crippen LogP contribution >= 0.6 is 0 Å². The minimum Gasteiger partial charge on any atom is -0.388 e. The first kappa shape index (κ1) is 15.4. The predicted octanol–water partition coefficient (Wildman–Crippen LogP) is 1.42. The Hall–Kier alpha value is -0.610. The molecule has 1 amide bonds. The van der Waals surface area contributed by atoms with Gasteiger partial charge >= 0.3 is 0 Å². The highest BCUT2D eigenvalue weighted by molar-refractivity contribution is 5.76. The van der Waals surface area contributed by atoms with Gasteiger partial charge in [-0.2, -0.15) is 0 Å². The summed E-state index contributed by atoms with van der Waals surface area (Å²) < 4.78 is 0. The molecular weight excluding hydrogens is 228 g/mol. The molecular formula is C14H28N2O2. The normalized spacial score (nSPS) is 23.4. The lowest BCUT2D eigenvalue weighted by molar-refractivity contribution is -0.123. The summed E-state index contributed by atoms with van der Waals surface area (Å²) in [6.07, 6.45) is 4.01. The van der Waals surface area contributed by atoms with Crippen LogP contribution < -0.4 is 11.1 Å². The third-order valence-electron chi connectivity index (χ3n) is 4.09. The van der Waals surface area contributed by atoms with Crippen LogP contribution in [-0.4, -0.2) is 29.7 Å². The van der Waals surface area contributed by atoms with E-state index in [-0.39, 0.29) is 11.8 Å². The summed E-state index contributed by atoms with van der Waals surface area (Å²) in [6.45, 7) is 7.31. The van der Waals surface area contributed by atoms with Gasteiger partial charge in [0.25, 0.3) is 0 Å². The number of carbonyl (C=O) groups excluding carboxylic acids is 1. The second kappa shape index (κ2) is 6.02. The molecule has 0 spiro atoms. The van der Waals surface area contributed by atoms with Crippen molar-refractivity contribution < 1.29 is 9.90 Å². The molecule has 0 bridgehead atoms. The van der Waals surface area contributed by atoms with Crippen molar-refractivity contribution in [3.63, 3.8) is 0 Å². The van der Waals surface area contributed by atoms with Gasteiger partial charge < -0.3 is 16.2 Å². The molecule has 0 saturated heterocycles. The maximum atomic E-state index is 11.6. The molecule has 0 aromatic heterocycles. The van der Waals surface area contributed by atoms with Crippen molar-refractivity contribution in [2.24, 2.45) is 17.1 Å². The minimum absolute atomic E-state index is 0.00814. The number of hydrogen-bond donors (Lipinski definition) is 3. The summed E-state index contributed by atoms with van der Waals surface area (Å²) in [5, 5.41) is 13.2. The van der Waals surface area contributed by atoms with E-state index in [9.17, 15) is 9.90 Å². The molecule has 1 saturated carbocycles. The monoisotopic (exact) mass is 256 g/mol. The number of amides is 1. The van der Waals surface area contributed by atoms with Crippen LogP contribution in [0.5, 0.6) is 0 Å². The van der Waals surface area contributed by atoms with Crippen LogP contribution in [0.25, 0.3) is 0 Å². The molecule has 4 N–H and O–H groups in total. The van der Waals surface area contributed by atoms with Gasteiger partial charge in [0.05, 0.1) is 5.60 Å². The highest BCUT2D eigenvalue weighted by Gasteiger charge is 2.36. The van der Waals surface area contributed by atoms with E-state index in [0.717, 1.165) is 25.7 Å². The van der Waals surface area contributed by atoms with E-state index in [1.807, 2.05) is 6.92 Å². The molecule has 0 aromatic carbocycles. The molecule has 18 heavy (non-hydrogen) atoms. The Morgan fingerprint density at radius 1 is 1.33 bits per heavy atom. The van der Waals surface area contributed by atoms with Crippen LogP contribution in [0.3, 0.4) is 0 Å². The number of hydrogen-bond acceptors (Lipinski definition) is 3. The van der Waals surface area contributed by atoms with Crippen LogP contribution in [0.15, 0.2) is 0 Å². The number of nitrogens with two attached hydrogens (primary N) is 1. The summed E-state index contributed by atoms with van der Waals surface area (Å²) in [5.41, 5.74) is 5.10. The third-order valence-corrected chi connectivity index (χ3v) is 4.09. The van der Waals surface area contributed by atoms with Gasteiger partial charge in [-0.05, 0) is 43.6 Å². The Morgan fingerprint density at radius 2 is 1.89 bits per heavy atom. The Kier molecular flexibility index (Phi) is 5.17. The average Bonchev–Trinajstić information content (AvgIpc) is 2.31. The van der Waals surface area contributed by atoms with E-state index in [0.29, 0.717) is 24.9 Å². The molecule has 106 valence electrons. The van der Waals surface area contributed by atoms with Gasteiger partial charge in [0.2, 0.25) is 5.91 Å². The van der Waals surface area contributed by atoms with E-state index in [2.05, 4.69) is 19.2 Å². The molecule has 0 heterocycles. The van der Waals surface area contributed by atoms with Crippen LogP contribution in [0.2, 0.25) is 0 Å². The summed E-state index contributed by atoms with van der Waals surface area (Å²) >= 11 is 0. The second-order valence-corrected chi connectivity index (χ2v) is 6.71. The zero-order chi connectivity index (χ0) is 13.8. The second-order valence-electron chi connectivity index (χ2n) is 6.71. The fraction of sp³-hybridized carbons (Fsp3) is 0.929. The molecule has 1 rings (SSSR count). The van der Waals surface area contributed by atoms with Crippen molar-refractivity contribution in [3.8, 4) is 0 Å². The van der Waals surface area contributed by atoms with Gasteiger partial charge in [0.15, 0.2) is 0 Å². The van der Waals surface area contributed by atoms with Crippen molar-refractivity contribution in [2.45, 2.75) is 58.5 Å². The molecule has 4 heteroatoms. The summed E-state index contributed by atoms with van der Waals surface area (Å²) in [4.78, 5) is 11.6. The van der Waals surface area contributed by atoms with E-state index < -0.39 is 5.60 Å². The molecule has 4 nitrogen and oxygen atoms in total. The van der Waals surface area contributed by atoms with Gasteiger partial charge in [0, 0.05) is 13.0 Å². The fourth-order valence-corrected chi connectivity index (χ4v) is 2.30. The Bertz CT molecular complexity index is 280. The van der Waals surface area contributed by atoms with Gasteiger partial charge in [-0.25, -0.2) is 0 Å². The SMILES string of the molecule is CC(CN)CC(=O)NCC1(O)CCC(C)(C)CC1. The van der Waals surface area contributed by atoms with Crippen LogP contribution in [0, 0.1) is 11.3 Å². The Labute approximate surface area is 110 Å². The number of rotatable bonds is 5. The van der Waals surface area contributed by atoms with Crippen LogP contribution in [0.4, 0.5) is 0 Å². The average molecular weight is 256 g/mol. The summed E-state index contributed by atoms with van der Waals surface area (Å²) in [7, 11) is 0. The van der Waals surface area contributed by atoms with Crippen molar-refractivity contribution >= 4 is 5.91 Å². The number of nitrogens with one attached hydrogen (secondary N) is 1. The summed E-state index contributed by atoms with van der Waals surface area (Å²) in [6, 6.07) is 0. The molecule has 0 radical (unpaired) electrons. The standard InChI is InChI=1S/C14H28N2O2/c1-11(9-15)8-12(17)16-10-14(18)6-4-13(2,3)5-7-14/h11,18H,4-10,15H2,1-3H3,(H,16,17). The molecule has 1 aliphatic rings. The fourth-order valence-electron chi connectivity index (χ4n) is 2.30. The quantitative estimate of drug-likeness (QED) is 0.696. The van der Waals surface area contributed by atoms with Crippen LogP contribution in [-0.2, 0) is 4.79 Å². The van der Waals surface area contributed by atoms with Crippen molar-refractivity contribution in [1.29, 1.82) is 0 Å². The zero-order valence-corrected chi connectivity index (χ0v) is 12.0. The zero-order valence-electron chi connectivity index (χ0n) is 12.0. The van der Waals surface area contributed by atoms with Gasteiger partial charge in [-0.15, -0.1) is 0 Å². The van der Waals surface area contributed by atoms with Gasteiger partial charge in [-0.3, -0.25) is 4.79 Å². The maximum absolute atomic E-state index is 11.6. The van der Waals surface area contributed by atoms with Crippen molar-refractivity contribution in [1.82, 2.24) is 5.32 Å². The molecule has 1 aliphatic carbocycles. The minimum atomic E-state index is -0.711. The van der Waals surface area contributed by atoms with Gasteiger partial charge in [-0.1, -0.05) is 20.8 Å². The number of aliphatic hydroxyl groups is 1. The molecule has 1 unspecified atom stereocenters. The first-order chi connectivity index (χ1) is 8.26. The molecule has 1 atom stereocenters. The predicted molar refractivity (Wildman–Crippen MR) is 73.0 cm³/mol. The third kappa shape index (κ3) is 4.94. The lowest BCUT2D eigenvalue weighted by Gasteiger charge is -2.40. The Balaban J connectivity index is 2.32. The lowest BCUT2D eigenvalue weighted by atomic mass is 9.71. The molecule has 0 aliphatic heterocycles. The van der Waals surface area contributed by atoms with Crippen molar-refractivity contribution in [2.75, 3.05) is 13.1 Å². The highest BCUT2D eigenvalue weighted by Crippen LogP contribution is 2.39. The molecule has 0 aromatic rings. The van der Waals surface area contributed by atoms with E-state index in [4.69, 9.17) is 5.73 Å². The topological polar surface area (TPSA) is 75.4 Å². The first-order valence-electron chi connectivity index (χ1n) is 6.95. The van der Waals surface area contributed by atoms with E-state index in [1.54, 1.807) is 0 Å². The van der Waals surface area contributed by atoms with Gasteiger partial charge in [0.1, 0.15) is 0 Å². The first-order valence-corrected chi connectivity index (χ1v) is 6.95. The lowest BCUT2D eigenvalue weighted by Crippen LogP contribution is -2.46. The highest BCUT2D eigenvalue weighted by atomic mass is 16.3. The smallest absolute Gasteiger partial charge is 0.220 e. The Morgan fingerprint density at radius 3 is 2.39 bits per heavy atom. The maximum Gasteiger partial charge on any atom is 0.220 e. The van der Waals surface area contributed by atoms with Crippen LogP contribution in [0.1, 0.15) is 52.9 Å². The van der Waals surface area contributed by atoms with Crippen molar-refractivity contribution in [3.05, 3.63) is 0 Å². The number of carbonyl (C=O) groups is 1. The van der Waals surface area contributed by atoms with E-state index in [1.165, 1.54) is 0 Å².